The number of anilines is 3. The van der Waals surface area contributed by atoms with E-state index in [1.165, 1.54) is 38.4 Å². The fraction of sp³-hybridized carbons (Fsp3) is 0.692. The minimum atomic E-state index is 0.484. The molecule has 0 aromatic carbocycles. The van der Waals surface area contributed by atoms with Gasteiger partial charge in [0.1, 0.15) is 12.0 Å². The highest BCUT2D eigenvalue weighted by Crippen LogP contribution is 2.26. The van der Waals surface area contributed by atoms with Gasteiger partial charge in [0.2, 0.25) is 0 Å². The van der Waals surface area contributed by atoms with Crippen LogP contribution in [0.25, 0.3) is 0 Å². The molecule has 0 unspecified atom stereocenters. The van der Waals surface area contributed by atoms with Crippen LogP contribution in [0.1, 0.15) is 32.1 Å². The van der Waals surface area contributed by atoms with Crippen molar-refractivity contribution >= 4 is 17.3 Å². The molecule has 0 saturated heterocycles. The minimum absolute atomic E-state index is 0.484. The van der Waals surface area contributed by atoms with Gasteiger partial charge in [-0.1, -0.05) is 19.3 Å². The van der Waals surface area contributed by atoms with Crippen LogP contribution < -0.4 is 16.4 Å². The summed E-state index contributed by atoms with van der Waals surface area (Å²) in [7, 11) is 1.67. The SMILES string of the molecule is COCCNc1ncnc(NC2CCCCC2)c1N. The molecule has 0 spiro atoms. The quantitative estimate of drug-likeness (QED) is 0.681. The van der Waals surface area contributed by atoms with Crippen LogP contribution in [0, 0.1) is 0 Å². The normalized spacial score (nSPS) is 16.3. The summed E-state index contributed by atoms with van der Waals surface area (Å²) >= 11 is 0. The van der Waals surface area contributed by atoms with E-state index in [0.717, 1.165) is 5.82 Å². The molecule has 2 rings (SSSR count). The lowest BCUT2D eigenvalue weighted by Crippen LogP contribution is -2.24. The van der Waals surface area contributed by atoms with E-state index in [2.05, 4.69) is 20.6 Å². The summed E-state index contributed by atoms with van der Waals surface area (Å²) in [5, 5.41) is 6.58. The van der Waals surface area contributed by atoms with Gasteiger partial charge in [0.15, 0.2) is 11.6 Å². The maximum Gasteiger partial charge on any atom is 0.155 e. The highest BCUT2D eigenvalue weighted by atomic mass is 16.5. The van der Waals surface area contributed by atoms with Gasteiger partial charge >= 0.3 is 0 Å². The van der Waals surface area contributed by atoms with Gasteiger partial charge < -0.3 is 21.1 Å². The third-order valence-electron chi connectivity index (χ3n) is 3.43. The number of nitrogen functional groups attached to an aromatic ring is 1. The summed E-state index contributed by atoms with van der Waals surface area (Å²) in [5.74, 6) is 1.41. The zero-order valence-corrected chi connectivity index (χ0v) is 11.5. The Hall–Kier alpha value is -1.56. The predicted molar refractivity (Wildman–Crippen MR) is 77.3 cm³/mol. The van der Waals surface area contributed by atoms with E-state index in [4.69, 9.17) is 10.5 Å². The molecule has 0 aliphatic heterocycles. The molecular weight excluding hydrogens is 242 g/mol. The Bertz CT molecular complexity index is 393. The van der Waals surface area contributed by atoms with Gasteiger partial charge in [0.05, 0.1) is 6.61 Å². The standard InChI is InChI=1S/C13H23N5O/c1-19-8-7-15-12-11(14)13(17-9-16-12)18-10-5-3-2-4-6-10/h9-10H,2-8,14H2,1H3,(H2,15,16,17,18). The molecule has 1 aromatic heterocycles. The summed E-state index contributed by atoms with van der Waals surface area (Å²) in [4.78, 5) is 8.40. The lowest BCUT2D eigenvalue weighted by atomic mass is 9.95. The van der Waals surface area contributed by atoms with Gasteiger partial charge in [-0.3, -0.25) is 0 Å². The lowest BCUT2D eigenvalue weighted by molar-refractivity contribution is 0.210. The van der Waals surface area contributed by atoms with Crippen LogP contribution in [0.3, 0.4) is 0 Å². The third kappa shape index (κ3) is 3.96. The van der Waals surface area contributed by atoms with Gasteiger partial charge in [-0.25, -0.2) is 9.97 Å². The Labute approximate surface area is 114 Å². The van der Waals surface area contributed by atoms with E-state index in [1.54, 1.807) is 7.11 Å². The van der Waals surface area contributed by atoms with Crippen molar-refractivity contribution in [2.75, 3.05) is 36.6 Å². The zero-order chi connectivity index (χ0) is 13.5. The van der Waals surface area contributed by atoms with Crippen LogP contribution in [0.5, 0.6) is 0 Å². The van der Waals surface area contributed by atoms with Crippen LogP contribution in [0.4, 0.5) is 17.3 Å². The number of rotatable bonds is 6. The van der Waals surface area contributed by atoms with E-state index in [1.807, 2.05) is 0 Å². The molecule has 0 atom stereocenters. The number of nitrogens with two attached hydrogens (primary N) is 1. The summed E-state index contributed by atoms with van der Waals surface area (Å²) in [6, 6.07) is 0.484. The number of nitrogens with zero attached hydrogens (tertiary/aromatic N) is 2. The molecule has 0 bridgehead atoms. The molecule has 1 aromatic rings. The maximum atomic E-state index is 6.09. The first-order valence-electron chi connectivity index (χ1n) is 6.91. The molecule has 1 heterocycles. The second kappa shape index (κ2) is 7.13. The van der Waals surface area contributed by atoms with Crippen LogP contribution in [-0.2, 0) is 4.74 Å². The van der Waals surface area contributed by atoms with Gasteiger partial charge in [-0.2, -0.15) is 0 Å². The molecule has 1 saturated carbocycles. The van der Waals surface area contributed by atoms with Gasteiger partial charge in [-0.05, 0) is 12.8 Å². The number of hydrogen-bond acceptors (Lipinski definition) is 6. The molecule has 19 heavy (non-hydrogen) atoms. The smallest absolute Gasteiger partial charge is 0.155 e. The number of methoxy groups -OCH3 is 1. The number of ether oxygens (including phenoxy) is 1. The molecular formula is C13H23N5O. The molecule has 6 nitrogen and oxygen atoms in total. The average molecular weight is 265 g/mol. The van der Waals surface area contributed by atoms with E-state index >= 15 is 0 Å². The van der Waals surface area contributed by atoms with E-state index in [9.17, 15) is 0 Å². The Balaban J connectivity index is 1.97. The van der Waals surface area contributed by atoms with Crippen LogP contribution in [0.2, 0.25) is 0 Å². The zero-order valence-electron chi connectivity index (χ0n) is 11.5. The lowest BCUT2D eigenvalue weighted by Gasteiger charge is -2.24. The topological polar surface area (TPSA) is 85.1 Å². The first-order chi connectivity index (χ1) is 9.31. The van der Waals surface area contributed by atoms with E-state index in [0.29, 0.717) is 30.7 Å². The molecule has 1 aliphatic rings. The van der Waals surface area contributed by atoms with Crippen molar-refractivity contribution in [2.45, 2.75) is 38.1 Å². The molecule has 1 fully saturated rings. The fourth-order valence-corrected chi connectivity index (χ4v) is 2.36. The van der Waals surface area contributed by atoms with E-state index in [-0.39, 0.29) is 0 Å². The predicted octanol–water partition coefficient (Wildman–Crippen LogP) is 1.86. The van der Waals surface area contributed by atoms with Crippen molar-refractivity contribution in [1.82, 2.24) is 9.97 Å². The van der Waals surface area contributed by atoms with Crippen LogP contribution in [-0.4, -0.2) is 36.3 Å². The third-order valence-corrected chi connectivity index (χ3v) is 3.43. The molecule has 0 amide bonds. The number of aromatic nitrogens is 2. The minimum Gasteiger partial charge on any atom is -0.393 e. The molecule has 4 N–H and O–H groups in total. The van der Waals surface area contributed by atoms with Crippen molar-refractivity contribution in [1.29, 1.82) is 0 Å². The van der Waals surface area contributed by atoms with Crippen LogP contribution >= 0.6 is 0 Å². The second-order valence-corrected chi connectivity index (χ2v) is 4.88. The van der Waals surface area contributed by atoms with Gasteiger partial charge in [-0.15, -0.1) is 0 Å². The van der Waals surface area contributed by atoms with Crippen molar-refractivity contribution < 1.29 is 4.74 Å². The first kappa shape index (κ1) is 13.9. The molecule has 106 valence electrons. The van der Waals surface area contributed by atoms with Gasteiger partial charge in [0.25, 0.3) is 0 Å². The van der Waals surface area contributed by atoms with E-state index < -0.39 is 0 Å². The molecule has 0 radical (unpaired) electrons. The summed E-state index contributed by atoms with van der Waals surface area (Å²) in [6.45, 7) is 1.30. The van der Waals surface area contributed by atoms with Crippen molar-refractivity contribution in [3.63, 3.8) is 0 Å². The highest BCUT2D eigenvalue weighted by Gasteiger charge is 2.16. The Morgan fingerprint density at radius 1 is 1.26 bits per heavy atom. The maximum absolute atomic E-state index is 6.09. The Kier molecular flexibility index (Phi) is 5.20. The Morgan fingerprint density at radius 2 is 2.00 bits per heavy atom. The monoisotopic (exact) mass is 265 g/mol. The molecule has 6 heteroatoms. The van der Waals surface area contributed by atoms with Crippen molar-refractivity contribution in [3.8, 4) is 0 Å². The molecule has 1 aliphatic carbocycles. The van der Waals surface area contributed by atoms with Crippen molar-refractivity contribution in [2.24, 2.45) is 0 Å². The van der Waals surface area contributed by atoms with Crippen molar-refractivity contribution in [3.05, 3.63) is 6.33 Å². The fourth-order valence-electron chi connectivity index (χ4n) is 2.36. The average Bonchev–Trinajstić information content (AvgIpc) is 2.44. The largest absolute Gasteiger partial charge is 0.393 e. The van der Waals surface area contributed by atoms with Crippen LogP contribution in [0.15, 0.2) is 6.33 Å². The summed E-state index contributed by atoms with van der Waals surface area (Å²) in [6.07, 6.45) is 7.81. The number of hydrogen-bond donors (Lipinski definition) is 3. The Morgan fingerprint density at radius 3 is 2.74 bits per heavy atom. The summed E-state index contributed by atoms with van der Waals surface area (Å²) in [5.41, 5.74) is 6.68. The second-order valence-electron chi connectivity index (χ2n) is 4.88. The first-order valence-corrected chi connectivity index (χ1v) is 6.91. The highest BCUT2D eigenvalue weighted by molar-refractivity contribution is 5.74. The summed E-state index contributed by atoms with van der Waals surface area (Å²) < 4.78 is 4.99. The number of nitrogens with one attached hydrogen (secondary N) is 2. The van der Waals surface area contributed by atoms with Gasteiger partial charge in [0, 0.05) is 19.7 Å².